The average molecular weight is 332 g/mol. The van der Waals surface area contributed by atoms with Crippen molar-refractivity contribution in [1.82, 2.24) is 0 Å². The van der Waals surface area contributed by atoms with Crippen molar-refractivity contribution in [1.29, 1.82) is 0 Å². The third kappa shape index (κ3) is 2.25. The van der Waals surface area contributed by atoms with Crippen molar-refractivity contribution >= 4 is 44.6 Å². The number of carbonyl (C=O) groups is 1. The Morgan fingerprint density at radius 1 is 1.20 bits per heavy atom. The van der Waals surface area contributed by atoms with Crippen molar-refractivity contribution in [2.24, 2.45) is 0 Å². The molecule has 0 aromatic heterocycles. The second kappa shape index (κ2) is 5.17. The number of amides is 1. The minimum atomic E-state index is 0.0389. The van der Waals surface area contributed by atoms with E-state index in [1.165, 1.54) is 0 Å². The van der Waals surface area contributed by atoms with Crippen LogP contribution in [0.3, 0.4) is 0 Å². The molecule has 1 heterocycles. The summed E-state index contributed by atoms with van der Waals surface area (Å²) in [6.45, 7) is 0.303. The van der Waals surface area contributed by atoms with Gasteiger partial charge in [-0.05, 0) is 42.5 Å². The van der Waals surface area contributed by atoms with Gasteiger partial charge in [0, 0.05) is 22.9 Å². The Kier molecular flexibility index (Phi) is 3.36. The van der Waals surface area contributed by atoms with E-state index in [1.54, 1.807) is 4.90 Å². The monoisotopic (exact) mass is 331 g/mol. The molecule has 2 aromatic carbocycles. The smallest absolute Gasteiger partial charge is 0.250 e. The highest BCUT2D eigenvalue weighted by molar-refractivity contribution is 9.10. The molecule has 0 unspecified atom stereocenters. The van der Waals surface area contributed by atoms with E-state index < -0.39 is 0 Å². The van der Waals surface area contributed by atoms with Crippen LogP contribution in [0.4, 0.5) is 22.7 Å². The molecule has 1 aliphatic rings. The predicted octanol–water partition coefficient (Wildman–Crippen LogP) is 3.58. The van der Waals surface area contributed by atoms with Gasteiger partial charge in [-0.2, -0.15) is 0 Å². The van der Waals surface area contributed by atoms with Gasteiger partial charge in [-0.1, -0.05) is 15.9 Å². The van der Waals surface area contributed by atoms with E-state index in [1.807, 2.05) is 49.5 Å². The lowest BCUT2D eigenvalue weighted by molar-refractivity contribution is -0.116. The summed E-state index contributed by atoms with van der Waals surface area (Å²) in [5, 5.41) is 6.21. The summed E-state index contributed by atoms with van der Waals surface area (Å²) in [4.78, 5) is 14.0. The molecule has 102 valence electrons. The Bertz CT molecular complexity index is 655. The van der Waals surface area contributed by atoms with Crippen molar-refractivity contribution in [3.8, 4) is 0 Å². The van der Waals surface area contributed by atoms with E-state index >= 15 is 0 Å². The van der Waals surface area contributed by atoms with Gasteiger partial charge in [-0.25, -0.2) is 0 Å². The molecule has 0 saturated carbocycles. The van der Waals surface area contributed by atoms with Crippen LogP contribution in [0.2, 0.25) is 0 Å². The molecule has 5 heteroatoms. The van der Waals surface area contributed by atoms with Gasteiger partial charge in [0.2, 0.25) is 0 Å². The first-order chi connectivity index (χ1) is 9.69. The van der Waals surface area contributed by atoms with Crippen LogP contribution in [-0.4, -0.2) is 19.5 Å². The lowest BCUT2D eigenvalue weighted by Gasteiger charge is -2.30. The fourth-order valence-corrected chi connectivity index (χ4v) is 2.65. The minimum Gasteiger partial charge on any atom is -0.388 e. The SMILES string of the molecule is CNc1ccc(N2C(=O)CNc3cc(Br)ccc32)cc1. The number of anilines is 4. The van der Waals surface area contributed by atoms with Crippen LogP contribution in [0.5, 0.6) is 0 Å². The van der Waals surface area contributed by atoms with Gasteiger partial charge in [0.05, 0.1) is 17.9 Å². The minimum absolute atomic E-state index is 0.0389. The van der Waals surface area contributed by atoms with E-state index in [4.69, 9.17) is 0 Å². The summed E-state index contributed by atoms with van der Waals surface area (Å²) in [7, 11) is 1.87. The van der Waals surface area contributed by atoms with Gasteiger partial charge >= 0.3 is 0 Å². The Balaban J connectivity index is 2.05. The topological polar surface area (TPSA) is 44.4 Å². The lowest BCUT2D eigenvalue weighted by Crippen LogP contribution is -2.36. The Hall–Kier alpha value is -2.01. The highest BCUT2D eigenvalue weighted by Crippen LogP contribution is 2.37. The molecule has 2 N–H and O–H groups in total. The molecule has 0 spiro atoms. The third-order valence-corrected chi connectivity index (χ3v) is 3.79. The van der Waals surface area contributed by atoms with Crippen LogP contribution in [0.25, 0.3) is 0 Å². The molecular weight excluding hydrogens is 318 g/mol. The van der Waals surface area contributed by atoms with Crippen LogP contribution >= 0.6 is 15.9 Å². The van der Waals surface area contributed by atoms with Gasteiger partial charge in [0.15, 0.2) is 0 Å². The van der Waals surface area contributed by atoms with Crippen LogP contribution in [0.1, 0.15) is 0 Å². The highest BCUT2D eigenvalue weighted by atomic mass is 79.9. The summed E-state index contributed by atoms with van der Waals surface area (Å²) in [5.74, 6) is 0.0389. The lowest BCUT2D eigenvalue weighted by atomic mass is 10.1. The van der Waals surface area contributed by atoms with Crippen molar-refractivity contribution in [3.05, 3.63) is 46.9 Å². The number of halogens is 1. The van der Waals surface area contributed by atoms with Crippen molar-refractivity contribution in [2.75, 3.05) is 29.1 Å². The van der Waals surface area contributed by atoms with Gasteiger partial charge in [0.1, 0.15) is 0 Å². The fourth-order valence-electron chi connectivity index (χ4n) is 2.29. The van der Waals surface area contributed by atoms with Crippen molar-refractivity contribution in [3.63, 3.8) is 0 Å². The summed E-state index contributed by atoms with van der Waals surface area (Å²) in [6.07, 6.45) is 0. The molecule has 1 amide bonds. The number of nitrogens with zero attached hydrogens (tertiary/aromatic N) is 1. The zero-order valence-corrected chi connectivity index (χ0v) is 12.6. The average Bonchev–Trinajstić information content (AvgIpc) is 2.48. The van der Waals surface area contributed by atoms with Crippen LogP contribution < -0.4 is 15.5 Å². The maximum absolute atomic E-state index is 12.2. The van der Waals surface area contributed by atoms with E-state index in [0.29, 0.717) is 6.54 Å². The molecule has 20 heavy (non-hydrogen) atoms. The molecule has 0 atom stereocenters. The van der Waals surface area contributed by atoms with Gasteiger partial charge in [-0.15, -0.1) is 0 Å². The largest absolute Gasteiger partial charge is 0.388 e. The first-order valence-electron chi connectivity index (χ1n) is 6.33. The summed E-state index contributed by atoms with van der Waals surface area (Å²) in [6, 6.07) is 13.7. The quantitative estimate of drug-likeness (QED) is 0.883. The number of nitrogens with one attached hydrogen (secondary N) is 2. The Labute approximate surface area is 125 Å². The maximum atomic E-state index is 12.2. The fraction of sp³-hybridized carbons (Fsp3) is 0.133. The number of rotatable bonds is 2. The van der Waals surface area contributed by atoms with E-state index in [-0.39, 0.29) is 5.91 Å². The standard InChI is InChI=1S/C15H14BrN3O/c1-17-11-3-5-12(6-4-11)19-14-7-2-10(16)8-13(14)18-9-15(19)20/h2-8,17-18H,9H2,1H3. The Morgan fingerprint density at radius 2 is 1.95 bits per heavy atom. The number of hydrogen-bond acceptors (Lipinski definition) is 3. The molecule has 2 aromatic rings. The summed E-state index contributed by atoms with van der Waals surface area (Å²) >= 11 is 3.45. The molecule has 1 aliphatic heterocycles. The van der Waals surface area contributed by atoms with E-state index in [2.05, 4.69) is 26.6 Å². The Morgan fingerprint density at radius 3 is 2.65 bits per heavy atom. The number of hydrogen-bond donors (Lipinski definition) is 2. The first kappa shape index (κ1) is 13.0. The molecule has 0 aliphatic carbocycles. The number of carbonyl (C=O) groups excluding carboxylic acids is 1. The van der Waals surface area contributed by atoms with Crippen LogP contribution in [-0.2, 0) is 4.79 Å². The molecule has 4 nitrogen and oxygen atoms in total. The molecule has 3 rings (SSSR count). The number of benzene rings is 2. The van der Waals surface area contributed by atoms with Gasteiger partial charge in [-0.3, -0.25) is 9.69 Å². The second-order valence-electron chi connectivity index (χ2n) is 4.54. The zero-order chi connectivity index (χ0) is 14.1. The normalized spacial score (nSPS) is 13.7. The zero-order valence-electron chi connectivity index (χ0n) is 11.0. The van der Waals surface area contributed by atoms with Crippen molar-refractivity contribution in [2.45, 2.75) is 0 Å². The second-order valence-corrected chi connectivity index (χ2v) is 5.46. The van der Waals surface area contributed by atoms with E-state index in [9.17, 15) is 4.79 Å². The molecule has 0 saturated heterocycles. The van der Waals surface area contributed by atoms with Crippen LogP contribution in [0.15, 0.2) is 46.9 Å². The van der Waals surface area contributed by atoms with E-state index in [0.717, 1.165) is 27.2 Å². The maximum Gasteiger partial charge on any atom is 0.250 e. The molecule has 0 bridgehead atoms. The highest BCUT2D eigenvalue weighted by Gasteiger charge is 2.25. The first-order valence-corrected chi connectivity index (χ1v) is 7.12. The summed E-state index contributed by atoms with van der Waals surface area (Å²) in [5.41, 5.74) is 3.73. The van der Waals surface area contributed by atoms with Crippen molar-refractivity contribution < 1.29 is 4.79 Å². The summed E-state index contributed by atoms with van der Waals surface area (Å²) < 4.78 is 0.989. The molecular formula is C15H14BrN3O. The molecule has 0 fully saturated rings. The van der Waals surface area contributed by atoms with Crippen LogP contribution in [0, 0.1) is 0 Å². The third-order valence-electron chi connectivity index (χ3n) is 3.29. The molecule has 0 radical (unpaired) electrons. The van der Waals surface area contributed by atoms with Gasteiger partial charge < -0.3 is 10.6 Å². The number of fused-ring (bicyclic) bond motifs is 1. The van der Waals surface area contributed by atoms with Gasteiger partial charge in [0.25, 0.3) is 5.91 Å². The predicted molar refractivity (Wildman–Crippen MR) is 85.8 cm³/mol.